The van der Waals surface area contributed by atoms with Crippen molar-refractivity contribution in [2.75, 3.05) is 31.1 Å². The molecule has 0 aliphatic carbocycles. The molecule has 2 aromatic rings. The van der Waals surface area contributed by atoms with Crippen LogP contribution in [0.4, 0.5) is 5.82 Å². The number of pyridine rings is 1. The van der Waals surface area contributed by atoms with Gasteiger partial charge in [0, 0.05) is 57.4 Å². The van der Waals surface area contributed by atoms with Gasteiger partial charge in [-0.15, -0.1) is 24.0 Å². The number of halogens is 1. The van der Waals surface area contributed by atoms with Crippen molar-refractivity contribution in [1.82, 2.24) is 20.5 Å². The number of aliphatic imine (C=N–C) groups is 1. The lowest BCUT2D eigenvalue weighted by Gasteiger charge is -2.34. The van der Waals surface area contributed by atoms with Gasteiger partial charge in [-0.2, -0.15) is 0 Å². The second kappa shape index (κ2) is 12.9. The van der Waals surface area contributed by atoms with Crippen molar-refractivity contribution in [2.24, 2.45) is 4.99 Å². The number of carbonyl (C=O) groups is 1. The Morgan fingerprint density at radius 2 is 1.79 bits per heavy atom. The normalized spacial score (nSPS) is 16.1. The average molecular weight is 577 g/mol. The summed E-state index contributed by atoms with van der Waals surface area (Å²) in [5, 5.41) is 6.94. The van der Waals surface area contributed by atoms with E-state index in [-0.39, 0.29) is 29.9 Å². The van der Waals surface area contributed by atoms with Crippen LogP contribution < -0.4 is 15.5 Å². The number of rotatable bonds is 7. The lowest BCUT2D eigenvalue weighted by atomic mass is 10.1. The predicted octanol–water partition coefficient (Wildman–Crippen LogP) is 3.85. The molecule has 0 unspecified atom stereocenters. The molecule has 1 saturated heterocycles. The minimum absolute atomic E-state index is 0. The molecule has 3 heterocycles. The summed E-state index contributed by atoms with van der Waals surface area (Å²) in [6.07, 6.45) is 3.40. The van der Waals surface area contributed by atoms with Crippen LogP contribution in [-0.4, -0.2) is 54.0 Å². The first-order chi connectivity index (χ1) is 16.1. The van der Waals surface area contributed by atoms with Crippen molar-refractivity contribution in [3.05, 3.63) is 59.3 Å². The quantitative estimate of drug-likeness (QED) is 0.227. The average Bonchev–Trinajstić information content (AvgIpc) is 3.27. The third-order valence-electron chi connectivity index (χ3n) is 6.39. The molecule has 8 heteroatoms. The van der Waals surface area contributed by atoms with Gasteiger partial charge in [-0.25, -0.2) is 4.98 Å². The summed E-state index contributed by atoms with van der Waals surface area (Å²) in [4.78, 5) is 26.3. The van der Waals surface area contributed by atoms with Gasteiger partial charge in [0.2, 0.25) is 5.91 Å². The van der Waals surface area contributed by atoms with Crippen LogP contribution in [0.25, 0.3) is 0 Å². The zero-order valence-corrected chi connectivity index (χ0v) is 22.6. The number of anilines is 1. The number of aryl methyl sites for hydroxylation is 1. The van der Waals surface area contributed by atoms with Gasteiger partial charge in [-0.3, -0.25) is 9.79 Å². The van der Waals surface area contributed by atoms with Gasteiger partial charge < -0.3 is 20.4 Å². The summed E-state index contributed by atoms with van der Waals surface area (Å²) < 4.78 is 0. The van der Waals surface area contributed by atoms with Crippen LogP contribution in [0.5, 0.6) is 0 Å². The number of aromatic nitrogens is 1. The van der Waals surface area contributed by atoms with Crippen molar-refractivity contribution in [1.29, 1.82) is 0 Å². The minimum Gasteiger partial charge on any atom is -0.357 e. The third-order valence-corrected chi connectivity index (χ3v) is 6.39. The monoisotopic (exact) mass is 576 g/mol. The van der Waals surface area contributed by atoms with Gasteiger partial charge in [0.25, 0.3) is 0 Å². The van der Waals surface area contributed by atoms with Gasteiger partial charge in [0.15, 0.2) is 5.96 Å². The van der Waals surface area contributed by atoms with Crippen molar-refractivity contribution >= 4 is 41.7 Å². The highest BCUT2D eigenvalue weighted by Crippen LogP contribution is 2.23. The van der Waals surface area contributed by atoms with Crippen LogP contribution >= 0.6 is 24.0 Å². The second-order valence-corrected chi connectivity index (χ2v) is 8.93. The lowest BCUT2D eigenvalue weighted by Crippen LogP contribution is -2.49. The van der Waals surface area contributed by atoms with Crippen molar-refractivity contribution in [3.63, 3.8) is 0 Å². The van der Waals surface area contributed by atoms with Crippen LogP contribution in [-0.2, 0) is 17.9 Å². The zero-order valence-electron chi connectivity index (χ0n) is 20.3. The molecule has 1 amide bonds. The number of carbonyl (C=O) groups excluding carboxylic acids is 1. The molecule has 0 atom stereocenters. The molecule has 2 aliphatic rings. The fraction of sp³-hybridized carbons (Fsp3) is 0.500. The van der Waals surface area contributed by atoms with Gasteiger partial charge >= 0.3 is 0 Å². The molecule has 0 bridgehead atoms. The first kappa shape index (κ1) is 26.2. The molecule has 1 aromatic carbocycles. The Morgan fingerprint density at radius 1 is 1.09 bits per heavy atom. The summed E-state index contributed by atoms with van der Waals surface area (Å²) in [5.41, 5.74) is 3.60. The van der Waals surface area contributed by atoms with Crippen LogP contribution in [0, 0.1) is 6.92 Å². The number of guanidine groups is 1. The molecule has 0 saturated carbocycles. The van der Waals surface area contributed by atoms with E-state index in [1.54, 1.807) is 0 Å². The van der Waals surface area contributed by atoms with Gasteiger partial charge in [0.05, 0.1) is 0 Å². The standard InChI is InChI=1S/C26H36N6O.HI/c1-3-27-26(30-23-13-16-31(17-14-23)24-11-6-8-20(2)29-24)28-15-7-12-25(33)32-18-21-9-4-5-10-22(21)19-32;/h4-6,8-11,23H,3,7,12-19H2,1-2H3,(H2,27,28,30);1H. The van der Waals surface area contributed by atoms with Crippen LogP contribution in [0.3, 0.4) is 0 Å². The highest BCUT2D eigenvalue weighted by molar-refractivity contribution is 14.0. The summed E-state index contributed by atoms with van der Waals surface area (Å²) in [6, 6.07) is 14.9. The Morgan fingerprint density at radius 3 is 2.44 bits per heavy atom. The number of amides is 1. The van der Waals surface area contributed by atoms with E-state index in [1.807, 2.05) is 30.0 Å². The second-order valence-electron chi connectivity index (χ2n) is 8.93. The Balaban J connectivity index is 0.00000324. The number of nitrogens with one attached hydrogen (secondary N) is 2. The predicted molar refractivity (Wildman–Crippen MR) is 149 cm³/mol. The number of benzene rings is 1. The molecule has 1 aromatic heterocycles. The number of piperidine rings is 1. The SMILES string of the molecule is CCNC(=NCCCC(=O)N1Cc2ccccc2C1)NC1CCN(c2cccc(C)n2)CC1.I. The summed E-state index contributed by atoms with van der Waals surface area (Å²) in [6.45, 7) is 9.03. The van der Waals surface area contributed by atoms with Gasteiger partial charge in [-0.1, -0.05) is 30.3 Å². The summed E-state index contributed by atoms with van der Waals surface area (Å²) in [7, 11) is 0. The van der Waals surface area contributed by atoms with E-state index in [2.05, 4.69) is 51.7 Å². The fourth-order valence-electron chi connectivity index (χ4n) is 4.56. The Kier molecular flexibility index (Phi) is 9.98. The van der Waals surface area contributed by atoms with E-state index < -0.39 is 0 Å². The Hall–Kier alpha value is -2.36. The first-order valence-electron chi connectivity index (χ1n) is 12.2. The summed E-state index contributed by atoms with van der Waals surface area (Å²) in [5.74, 6) is 2.14. The van der Waals surface area contributed by atoms with Crippen molar-refractivity contribution < 1.29 is 4.79 Å². The molecule has 184 valence electrons. The molecule has 4 rings (SSSR count). The van der Waals surface area contributed by atoms with Crippen molar-refractivity contribution in [3.8, 4) is 0 Å². The van der Waals surface area contributed by atoms with E-state index >= 15 is 0 Å². The molecular formula is C26H37IN6O. The number of nitrogens with zero attached hydrogens (tertiary/aromatic N) is 4. The van der Waals surface area contributed by atoms with E-state index in [4.69, 9.17) is 4.99 Å². The molecular weight excluding hydrogens is 539 g/mol. The van der Waals surface area contributed by atoms with E-state index in [0.717, 1.165) is 69.5 Å². The Labute approximate surface area is 220 Å². The third kappa shape index (κ3) is 7.07. The molecule has 7 nitrogen and oxygen atoms in total. The van der Waals surface area contributed by atoms with Gasteiger partial charge in [0.1, 0.15) is 5.82 Å². The van der Waals surface area contributed by atoms with Crippen LogP contribution in [0.2, 0.25) is 0 Å². The highest BCUT2D eigenvalue weighted by Gasteiger charge is 2.23. The molecule has 34 heavy (non-hydrogen) atoms. The number of hydrogen-bond donors (Lipinski definition) is 2. The topological polar surface area (TPSA) is 72.9 Å². The number of hydrogen-bond acceptors (Lipinski definition) is 4. The molecule has 0 spiro atoms. The Bertz CT molecular complexity index is 948. The maximum absolute atomic E-state index is 12.6. The van der Waals surface area contributed by atoms with Crippen LogP contribution in [0.15, 0.2) is 47.5 Å². The fourth-order valence-corrected chi connectivity index (χ4v) is 4.56. The minimum atomic E-state index is 0. The van der Waals surface area contributed by atoms with E-state index in [0.29, 0.717) is 19.0 Å². The number of fused-ring (bicyclic) bond motifs is 1. The van der Waals surface area contributed by atoms with Crippen LogP contribution in [0.1, 0.15) is 49.4 Å². The maximum Gasteiger partial charge on any atom is 0.223 e. The smallest absolute Gasteiger partial charge is 0.223 e. The van der Waals surface area contributed by atoms with E-state index in [1.165, 1.54) is 11.1 Å². The first-order valence-corrected chi connectivity index (χ1v) is 12.2. The maximum atomic E-state index is 12.6. The lowest BCUT2D eigenvalue weighted by molar-refractivity contribution is -0.131. The van der Waals surface area contributed by atoms with Crippen molar-refractivity contribution in [2.45, 2.75) is 58.7 Å². The zero-order chi connectivity index (χ0) is 23.0. The molecule has 1 fully saturated rings. The van der Waals surface area contributed by atoms with Gasteiger partial charge in [-0.05, 0) is 56.4 Å². The highest BCUT2D eigenvalue weighted by atomic mass is 127. The largest absolute Gasteiger partial charge is 0.357 e. The molecule has 0 radical (unpaired) electrons. The molecule has 2 aliphatic heterocycles. The molecule has 2 N–H and O–H groups in total. The summed E-state index contributed by atoms with van der Waals surface area (Å²) >= 11 is 0. The van der Waals surface area contributed by atoms with E-state index in [9.17, 15) is 4.79 Å².